The van der Waals surface area contributed by atoms with Crippen LogP contribution in [0.15, 0.2) is 55.1 Å². The lowest BCUT2D eigenvalue weighted by molar-refractivity contribution is -0.0515. The number of aromatic nitrogens is 5. The predicted molar refractivity (Wildman–Crippen MR) is 116 cm³/mol. The Hall–Kier alpha value is -4.55. The maximum absolute atomic E-state index is 12.7. The summed E-state index contributed by atoms with van der Waals surface area (Å²) in [5.41, 5.74) is 1.31. The fourth-order valence-electron chi connectivity index (χ4n) is 2.93. The molecular weight excluding hydrogens is 452 g/mol. The van der Waals surface area contributed by atoms with Crippen LogP contribution in [0.3, 0.4) is 0 Å². The lowest BCUT2D eigenvalue weighted by Gasteiger charge is -2.10. The summed E-state index contributed by atoms with van der Waals surface area (Å²) in [6.07, 6.45) is 6.14. The number of ether oxygens (including phenoxy) is 3. The SMILES string of the molecule is COc1ncc(-c2ccc3nc(NC(=O)NCCOc4cccnc4)cn3n2)cc1OC(F)F. The molecule has 4 aromatic heterocycles. The largest absolute Gasteiger partial charge is 0.490 e. The zero-order valence-corrected chi connectivity index (χ0v) is 17.8. The summed E-state index contributed by atoms with van der Waals surface area (Å²) in [6, 6.07) is 7.69. The minimum Gasteiger partial charge on any atom is -0.490 e. The van der Waals surface area contributed by atoms with Gasteiger partial charge in [-0.2, -0.15) is 13.9 Å². The van der Waals surface area contributed by atoms with E-state index in [0.29, 0.717) is 22.7 Å². The Morgan fingerprint density at radius 3 is 2.88 bits per heavy atom. The fourth-order valence-corrected chi connectivity index (χ4v) is 2.93. The Morgan fingerprint density at radius 2 is 2.12 bits per heavy atom. The number of carbonyl (C=O) groups excluding carboxylic acids is 1. The molecule has 0 fully saturated rings. The van der Waals surface area contributed by atoms with Crippen molar-refractivity contribution in [2.45, 2.75) is 6.61 Å². The standard InChI is InChI=1S/C21H19F2N7O4/c1-32-19-16(34-20(22)23)9-13(10-26-19)15-4-5-18-27-17(12-30(18)29-15)28-21(31)25-7-8-33-14-3-2-6-24-11-14/h2-6,9-12,20H,7-8H2,1H3,(H2,25,28,31). The number of methoxy groups -OCH3 is 1. The second-order valence-corrected chi connectivity index (χ2v) is 6.68. The van der Waals surface area contributed by atoms with Gasteiger partial charge in [0.15, 0.2) is 17.2 Å². The van der Waals surface area contributed by atoms with E-state index >= 15 is 0 Å². The van der Waals surface area contributed by atoms with Crippen molar-refractivity contribution in [3.8, 4) is 28.6 Å². The van der Waals surface area contributed by atoms with Crippen LogP contribution in [-0.4, -0.2) is 57.5 Å². The molecule has 0 aliphatic rings. The molecule has 2 N–H and O–H groups in total. The van der Waals surface area contributed by atoms with Crippen molar-refractivity contribution in [3.05, 3.63) is 55.1 Å². The number of nitrogens with one attached hydrogen (secondary N) is 2. The summed E-state index contributed by atoms with van der Waals surface area (Å²) in [4.78, 5) is 24.3. The van der Waals surface area contributed by atoms with E-state index in [1.165, 1.54) is 30.1 Å². The minimum atomic E-state index is -3.03. The van der Waals surface area contributed by atoms with Gasteiger partial charge in [0.25, 0.3) is 5.88 Å². The molecule has 176 valence electrons. The molecule has 0 bridgehead atoms. The number of nitrogens with zero attached hydrogens (tertiary/aromatic N) is 5. The van der Waals surface area contributed by atoms with Crippen LogP contribution in [0.1, 0.15) is 0 Å². The average molecular weight is 471 g/mol. The highest BCUT2D eigenvalue weighted by Crippen LogP contribution is 2.30. The maximum atomic E-state index is 12.7. The Balaban J connectivity index is 1.39. The van der Waals surface area contributed by atoms with Gasteiger partial charge in [0.05, 0.1) is 31.7 Å². The minimum absolute atomic E-state index is 0.0731. The molecule has 11 nitrogen and oxygen atoms in total. The van der Waals surface area contributed by atoms with Crippen LogP contribution >= 0.6 is 0 Å². The van der Waals surface area contributed by atoms with Gasteiger partial charge in [0.1, 0.15) is 12.4 Å². The lowest BCUT2D eigenvalue weighted by Crippen LogP contribution is -2.32. The Labute approximate surface area is 191 Å². The number of fused-ring (bicyclic) bond motifs is 1. The molecule has 0 saturated carbocycles. The van der Waals surface area contributed by atoms with Crippen LogP contribution in [0.5, 0.6) is 17.4 Å². The summed E-state index contributed by atoms with van der Waals surface area (Å²) in [5.74, 6) is 0.585. The summed E-state index contributed by atoms with van der Waals surface area (Å²) >= 11 is 0. The quantitative estimate of drug-likeness (QED) is 0.357. The Bertz CT molecular complexity index is 1270. The number of hydrogen-bond acceptors (Lipinski definition) is 8. The smallest absolute Gasteiger partial charge is 0.387 e. The van der Waals surface area contributed by atoms with Crippen molar-refractivity contribution in [1.82, 2.24) is 29.9 Å². The molecule has 4 heterocycles. The van der Waals surface area contributed by atoms with Gasteiger partial charge in [0.2, 0.25) is 0 Å². The zero-order chi connectivity index (χ0) is 23.9. The third-order valence-corrected chi connectivity index (χ3v) is 4.38. The van der Waals surface area contributed by atoms with Crippen molar-refractivity contribution < 1.29 is 27.8 Å². The first-order valence-corrected chi connectivity index (χ1v) is 9.95. The number of halogens is 2. The van der Waals surface area contributed by atoms with Gasteiger partial charge in [0, 0.05) is 18.0 Å². The number of amides is 2. The number of alkyl halides is 2. The number of imidazole rings is 1. The van der Waals surface area contributed by atoms with E-state index < -0.39 is 12.6 Å². The zero-order valence-electron chi connectivity index (χ0n) is 17.8. The van der Waals surface area contributed by atoms with Gasteiger partial charge < -0.3 is 19.5 Å². The van der Waals surface area contributed by atoms with Crippen LogP contribution in [-0.2, 0) is 0 Å². The first kappa shape index (κ1) is 22.6. The number of hydrogen-bond donors (Lipinski definition) is 2. The number of rotatable bonds is 9. The summed E-state index contributed by atoms with van der Waals surface area (Å²) in [6.45, 7) is -2.50. The third-order valence-electron chi connectivity index (χ3n) is 4.38. The molecule has 13 heteroatoms. The summed E-state index contributed by atoms with van der Waals surface area (Å²) in [5, 5.41) is 9.66. The van der Waals surface area contributed by atoms with E-state index in [-0.39, 0.29) is 30.6 Å². The molecule has 0 radical (unpaired) electrons. The molecule has 2 amide bonds. The monoisotopic (exact) mass is 471 g/mol. The van der Waals surface area contributed by atoms with E-state index in [0.717, 1.165) is 0 Å². The summed E-state index contributed by atoms with van der Waals surface area (Å²) < 4.78 is 41.7. The maximum Gasteiger partial charge on any atom is 0.387 e. The van der Waals surface area contributed by atoms with E-state index in [2.05, 4.69) is 35.4 Å². The normalized spacial score (nSPS) is 10.8. The molecule has 0 atom stereocenters. The van der Waals surface area contributed by atoms with Crippen molar-refractivity contribution in [2.24, 2.45) is 0 Å². The van der Waals surface area contributed by atoms with Gasteiger partial charge in [-0.1, -0.05) is 0 Å². The van der Waals surface area contributed by atoms with Gasteiger partial charge in [-0.05, 0) is 30.3 Å². The molecule has 0 aliphatic carbocycles. The van der Waals surface area contributed by atoms with Crippen molar-refractivity contribution >= 4 is 17.5 Å². The third kappa shape index (κ3) is 5.62. The van der Waals surface area contributed by atoms with Crippen LogP contribution < -0.4 is 24.8 Å². The van der Waals surface area contributed by atoms with Crippen LogP contribution in [0.4, 0.5) is 19.4 Å². The molecular formula is C21H19F2N7O4. The highest BCUT2D eigenvalue weighted by atomic mass is 19.3. The van der Waals surface area contributed by atoms with Crippen molar-refractivity contribution in [2.75, 3.05) is 25.6 Å². The van der Waals surface area contributed by atoms with Crippen molar-refractivity contribution in [1.29, 1.82) is 0 Å². The molecule has 0 saturated heterocycles. The second kappa shape index (κ2) is 10.4. The van der Waals surface area contributed by atoms with Gasteiger partial charge in [-0.25, -0.2) is 19.3 Å². The van der Waals surface area contributed by atoms with Crippen LogP contribution in [0.2, 0.25) is 0 Å². The first-order chi connectivity index (χ1) is 16.5. The molecule has 0 aromatic carbocycles. The van der Waals surface area contributed by atoms with Gasteiger partial charge in [-0.15, -0.1) is 0 Å². The topological polar surface area (TPSA) is 125 Å². The fraction of sp³-hybridized carbons (Fsp3) is 0.190. The number of urea groups is 1. The van der Waals surface area contributed by atoms with Crippen LogP contribution in [0.25, 0.3) is 16.9 Å². The Morgan fingerprint density at radius 1 is 1.24 bits per heavy atom. The average Bonchev–Trinajstić information content (AvgIpc) is 3.23. The van der Waals surface area contributed by atoms with Crippen molar-refractivity contribution in [3.63, 3.8) is 0 Å². The predicted octanol–water partition coefficient (Wildman–Crippen LogP) is 3.00. The molecule has 0 aliphatic heterocycles. The highest BCUT2D eigenvalue weighted by molar-refractivity contribution is 5.88. The summed E-state index contributed by atoms with van der Waals surface area (Å²) in [7, 11) is 1.30. The number of carbonyl (C=O) groups is 1. The van der Waals surface area contributed by atoms with E-state index in [9.17, 15) is 13.6 Å². The molecule has 34 heavy (non-hydrogen) atoms. The molecule has 4 rings (SSSR count). The first-order valence-electron chi connectivity index (χ1n) is 9.95. The van der Waals surface area contributed by atoms with E-state index in [1.54, 1.807) is 36.7 Å². The van der Waals surface area contributed by atoms with E-state index in [4.69, 9.17) is 9.47 Å². The second-order valence-electron chi connectivity index (χ2n) is 6.68. The Kier molecular flexibility index (Phi) is 6.91. The lowest BCUT2D eigenvalue weighted by atomic mass is 10.2. The van der Waals surface area contributed by atoms with Gasteiger partial charge in [-0.3, -0.25) is 10.3 Å². The molecule has 0 unspecified atom stereocenters. The molecule has 4 aromatic rings. The molecule has 0 spiro atoms. The van der Waals surface area contributed by atoms with Crippen LogP contribution in [0, 0.1) is 0 Å². The highest BCUT2D eigenvalue weighted by Gasteiger charge is 2.15. The number of anilines is 1. The van der Waals surface area contributed by atoms with Gasteiger partial charge >= 0.3 is 12.6 Å². The number of pyridine rings is 2. The van der Waals surface area contributed by atoms with E-state index in [1.807, 2.05) is 0 Å².